The predicted molar refractivity (Wildman–Crippen MR) is 72.6 cm³/mol. The Balaban J connectivity index is 1.57. The molecule has 1 aromatic carbocycles. The highest BCUT2D eigenvalue weighted by atomic mass is 19.4. The molecule has 2 fully saturated rings. The van der Waals surface area contributed by atoms with Crippen LogP contribution in [0.4, 0.5) is 13.2 Å². The number of hydrogen-bond donors (Lipinski definition) is 0. The molecule has 0 bridgehead atoms. The van der Waals surface area contributed by atoms with Crippen molar-refractivity contribution in [2.24, 2.45) is 11.3 Å². The maximum absolute atomic E-state index is 12.5. The first kappa shape index (κ1) is 14.4. The minimum Gasteiger partial charge on any atom is -0.344 e. The molecule has 1 amide bonds. The number of carbonyl (C=O) groups is 1. The number of nitrogens with zero attached hydrogens (tertiary/aromatic N) is 1. The average Bonchev–Trinajstić information content (AvgIpc) is 2.80. The summed E-state index contributed by atoms with van der Waals surface area (Å²) in [7, 11) is 0. The van der Waals surface area contributed by atoms with Gasteiger partial charge in [0.05, 0.1) is 5.56 Å². The monoisotopic (exact) mass is 297 g/mol. The Labute approximate surface area is 121 Å². The summed E-state index contributed by atoms with van der Waals surface area (Å²) in [5.41, 5.74) is 0.670. The van der Waals surface area contributed by atoms with Crippen LogP contribution in [0, 0.1) is 11.3 Å². The number of carbonyl (C=O) groups excluding carboxylic acids is 1. The van der Waals surface area contributed by atoms with E-state index in [-0.39, 0.29) is 5.41 Å². The minimum absolute atomic E-state index is 0.289. The summed E-state index contributed by atoms with van der Waals surface area (Å²) in [4.78, 5) is 12.4. The molecule has 114 valence electrons. The Morgan fingerprint density at radius 3 is 2.48 bits per heavy atom. The van der Waals surface area contributed by atoms with Gasteiger partial charge in [0.2, 0.25) is 6.41 Å². The van der Waals surface area contributed by atoms with Crippen molar-refractivity contribution in [3.8, 4) is 0 Å². The van der Waals surface area contributed by atoms with E-state index in [4.69, 9.17) is 0 Å². The van der Waals surface area contributed by atoms with Crippen molar-refractivity contribution < 1.29 is 18.0 Å². The molecule has 1 aliphatic carbocycles. The summed E-state index contributed by atoms with van der Waals surface area (Å²) in [6, 6.07) is 5.51. The first-order valence-electron chi connectivity index (χ1n) is 7.26. The van der Waals surface area contributed by atoms with Gasteiger partial charge in [-0.25, -0.2) is 0 Å². The zero-order valence-electron chi connectivity index (χ0n) is 11.7. The Bertz CT molecular complexity index is 517. The predicted octanol–water partition coefficient (Wildman–Crippen LogP) is 3.51. The summed E-state index contributed by atoms with van der Waals surface area (Å²) in [6.07, 6.45) is 0.782. The van der Waals surface area contributed by atoms with Crippen LogP contribution in [0.15, 0.2) is 24.3 Å². The minimum atomic E-state index is -4.26. The van der Waals surface area contributed by atoms with Crippen LogP contribution in [0.25, 0.3) is 0 Å². The third-order valence-electron chi connectivity index (χ3n) is 4.84. The molecule has 0 N–H and O–H groups in total. The van der Waals surface area contributed by atoms with Gasteiger partial charge in [-0.3, -0.25) is 4.79 Å². The van der Waals surface area contributed by atoms with Crippen LogP contribution in [-0.2, 0) is 17.4 Å². The van der Waals surface area contributed by atoms with Gasteiger partial charge in [0.1, 0.15) is 0 Å². The van der Waals surface area contributed by atoms with E-state index in [2.05, 4.69) is 0 Å². The van der Waals surface area contributed by atoms with Crippen LogP contribution in [0.2, 0.25) is 0 Å². The molecule has 2 aliphatic rings. The van der Waals surface area contributed by atoms with Crippen molar-refractivity contribution in [3.63, 3.8) is 0 Å². The van der Waals surface area contributed by atoms with E-state index in [1.807, 2.05) is 0 Å². The first-order valence-corrected chi connectivity index (χ1v) is 7.26. The fourth-order valence-corrected chi connectivity index (χ4v) is 3.84. The van der Waals surface area contributed by atoms with Gasteiger partial charge in [-0.1, -0.05) is 12.1 Å². The van der Waals surface area contributed by atoms with Crippen LogP contribution in [-0.4, -0.2) is 24.4 Å². The van der Waals surface area contributed by atoms with Gasteiger partial charge in [0.25, 0.3) is 0 Å². The van der Waals surface area contributed by atoms with E-state index in [0.29, 0.717) is 5.92 Å². The van der Waals surface area contributed by atoms with Crippen LogP contribution < -0.4 is 0 Å². The third kappa shape index (κ3) is 2.92. The Morgan fingerprint density at radius 1 is 1.24 bits per heavy atom. The smallest absolute Gasteiger partial charge is 0.344 e. The molecule has 1 saturated heterocycles. The standard InChI is InChI=1S/C16H18F3NO/c17-16(18,19)14-3-1-12(2-4-14)7-13-5-6-15(8-13)9-20(10-15)11-21/h1-4,11,13H,5-10H2. The number of rotatable bonds is 3. The molecule has 1 heterocycles. The van der Waals surface area contributed by atoms with E-state index < -0.39 is 11.7 Å². The fraction of sp³-hybridized carbons (Fsp3) is 0.562. The molecule has 2 nitrogen and oxygen atoms in total. The van der Waals surface area contributed by atoms with E-state index >= 15 is 0 Å². The lowest BCUT2D eigenvalue weighted by molar-refractivity contribution is -0.137. The van der Waals surface area contributed by atoms with E-state index in [1.54, 1.807) is 17.0 Å². The maximum atomic E-state index is 12.5. The largest absolute Gasteiger partial charge is 0.416 e. The van der Waals surface area contributed by atoms with Gasteiger partial charge in [0.15, 0.2) is 0 Å². The summed E-state index contributed by atoms with van der Waals surface area (Å²) in [6.45, 7) is 1.69. The molecule has 1 spiro atoms. The number of alkyl halides is 3. The second-order valence-corrected chi connectivity index (χ2v) is 6.52. The summed E-state index contributed by atoms with van der Waals surface area (Å²) >= 11 is 0. The average molecular weight is 297 g/mol. The molecule has 1 atom stereocenters. The van der Waals surface area contributed by atoms with Crippen molar-refractivity contribution in [2.45, 2.75) is 31.9 Å². The number of benzene rings is 1. The number of halogens is 3. The number of likely N-dealkylation sites (tertiary alicyclic amines) is 1. The van der Waals surface area contributed by atoms with Crippen molar-refractivity contribution in [1.29, 1.82) is 0 Å². The second kappa shape index (κ2) is 5.04. The van der Waals surface area contributed by atoms with E-state index in [0.717, 1.165) is 62.9 Å². The molecule has 1 unspecified atom stereocenters. The van der Waals surface area contributed by atoms with Gasteiger partial charge in [-0.2, -0.15) is 13.2 Å². The molecule has 3 rings (SSSR count). The molecular formula is C16H18F3NO. The molecule has 21 heavy (non-hydrogen) atoms. The van der Waals surface area contributed by atoms with Crippen molar-refractivity contribution in [2.75, 3.05) is 13.1 Å². The highest BCUT2D eigenvalue weighted by molar-refractivity contribution is 5.49. The van der Waals surface area contributed by atoms with Crippen LogP contribution in [0.5, 0.6) is 0 Å². The van der Waals surface area contributed by atoms with Crippen molar-refractivity contribution >= 4 is 6.41 Å². The molecule has 1 aliphatic heterocycles. The van der Waals surface area contributed by atoms with Gasteiger partial charge >= 0.3 is 6.18 Å². The number of amides is 1. The van der Waals surface area contributed by atoms with Crippen LogP contribution >= 0.6 is 0 Å². The van der Waals surface area contributed by atoms with Gasteiger partial charge in [-0.05, 0) is 49.3 Å². The van der Waals surface area contributed by atoms with Gasteiger partial charge < -0.3 is 4.90 Å². The molecule has 5 heteroatoms. The lowest BCUT2D eigenvalue weighted by atomic mass is 9.77. The normalized spacial score (nSPS) is 24.1. The molecular weight excluding hydrogens is 279 g/mol. The zero-order chi connectivity index (χ0) is 15.1. The Morgan fingerprint density at radius 2 is 1.90 bits per heavy atom. The number of hydrogen-bond acceptors (Lipinski definition) is 1. The SMILES string of the molecule is O=CN1CC2(CCC(Cc3ccc(C(F)(F)F)cc3)C2)C1. The second-order valence-electron chi connectivity index (χ2n) is 6.52. The quantitative estimate of drug-likeness (QED) is 0.782. The summed E-state index contributed by atoms with van der Waals surface area (Å²) < 4.78 is 37.5. The molecule has 0 aromatic heterocycles. The van der Waals surface area contributed by atoms with Gasteiger partial charge in [0, 0.05) is 18.5 Å². The van der Waals surface area contributed by atoms with Gasteiger partial charge in [-0.15, -0.1) is 0 Å². The molecule has 1 saturated carbocycles. The van der Waals surface area contributed by atoms with Crippen LogP contribution in [0.1, 0.15) is 30.4 Å². The van der Waals surface area contributed by atoms with Crippen molar-refractivity contribution in [1.82, 2.24) is 4.90 Å². The highest BCUT2D eigenvalue weighted by Gasteiger charge is 2.47. The lowest BCUT2D eigenvalue weighted by Gasteiger charge is -2.46. The Hall–Kier alpha value is -1.52. The fourth-order valence-electron chi connectivity index (χ4n) is 3.84. The molecule has 1 aromatic rings. The zero-order valence-corrected chi connectivity index (χ0v) is 11.7. The van der Waals surface area contributed by atoms with Crippen molar-refractivity contribution in [3.05, 3.63) is 35.4 Å². The third-order valence-corrected chi connectivity index (χ3v) is 4.84. The highest BCUT2D eigenvalue weighted by Crippen LogP contribution is 2.48. The molecule has 0 radical (unpaired) electrons. The summed E-state index contributed by atoms with van der Waals surface area (Å²) in [5.74, 6) is 0.524. The summed E-state index contributed by atoms with van der Waals surface area (Å²) in [5, 5.41) is 0. The first-order chi connectivity index (χ1) is 9.90. The maximum Gasteiger partial charge on any atom is 0.416 e. The van der Waals surface area contributed by atoms with Crippen LogP contribution in [0.3, 0.4) is 0 Å². The Kier molecular flexibility index (Phi) is 3.46. The van der Waals surface area contributed by atoms with E-state index in [9.17, 15) is 18.0 Å². The van der Waals surface area contributed by atoms with E-state index in [1.165, 1.54) is 0 Å². The topological polar surface area (TPSA) is 20.3 Å². The lowest BCUT2D eigenvalue weighted by Crippen LogP contribution is -2.54.